The van der Waals surface area contributed by atoms with E-state index in [2.05, 4.69) is 5.32 Å². The van der Waals surface area contributed by atoms with Gasteiger partial charge < -0.3 is 9.73 Å². The number of hydrogen-bond acceptors (Lipinski definition) is 2. The van der Waals surface area contributed by atoms with E-state index in [1.807, 2.05) is 85.8 Å². The van der Waals surface area contributed by atoms with Crippen LogP contribution in [0.15, 0.2) is 83.3 Å². The van der Waals surface area contributed by atoms with Crippen molar-refractivity contribution in [3.63, 3.8) is 0 Å². The first-order valence-corrected chi connectivity index (χ1v) is 8.17. The monoisotopic (exact) mass is 327 g/mol. The van der Waals surface area contributed by atoms with Crippen LogP contribution >= 0.6 is 0 Å². The van der Waals surface area contributed by atoms with Gasteiger partial charge in [-0.05, 0) is 43.3 Å². The summed E-state index contributed by atoms with van der Waals surface area (Å²) in [4.78, 5) is 12.5. The Morgan fingerprint density at radius 1 is 0.880 bits per heavy atom. The molecule has 3 heteroatoms. The molecule has 4 aromatic rings. The Morgan fingerprint density at radius 3 is 2.40 bits per heavy atom. The largest absolute Gasteiger partial charge is 0.456 e. The predicted octanol–water partition coefficient (Wildman–Crippen LogP) is 5.66. The lowest BCUT2D eigenvalue weighted by molar-refractivity contribution is 0.102. The molecule has 25 heavy (non-hydrogen) atoms. The third kappa shape index (κ3) is 3.04. The molecule has 0 fully saturated rings. The van der Waals surface area contributed by atoms with Crippen molar-refractivity contribution < 1.29 is 9.21 Å². The van der Waals surface area contributed by atoms with Crippen molar-refractivity contribution in [3.05, 3.63) is 90.0 Å². The van der Waals surface area contributed by atoms with E-state index in [0.717, 1.165) is 33.5 Å². The number of aryl methyl sites for hydroxylation is 1. The van der Waals surface area contributed by atoms with Gasteiger partial charge in [-0.15, -0.1) is 0 Å². The molecule has 3 nitrogen and oxygen atoms in total. The van der Waals surface area contributed by atoms with Gasteiger partial charge in [0.05, 0.1) is 5.69 Å². The number of benzene rings is 3. The number of carbonyl (C=O) groups is 1. The van der Waals surface area contributed by atoms with Crippen LogP contribution in [0.5, 0.6) is 0 Å². The zero-order valence-electron chi connectivity index (χ0n) is 13.8. The molecule has 0 aliphatic heterocycles. The smallest absolute Gasteiger partial charge is 0.255 e. The van der Waals surface area contributed by atoms with Crippen LogP contribution in [0.2, 0.25) is 0 Å². The van der Waals surface area contributed by atoms with Crippen molar-refractivity contribution in [2.45, 2.75) is 6.92 Å². The van der Waals surface area contributed by atoms with Gasteiger partial charge in [-0.25, -0.2) is 0 Å². The molecule has 4 rings (SSSR count). The van der Waals surface area contributed by atoms with Gasteiger partial charge in [-0.1, -0.05) is 48.0 Å². The second-order valence-corrected chi connectivity index (χ2v) is 6.01. The Balaban J connectivity index is 1.69. The predicted molar refractivity (Wildman–Crippen MR) is 101 cm³/mol. The number of nitrogens with one attached hydrogen (secondary N) is 1. The maximum atomic E-state index is 12.5. The van der Waals surface area contributed by atoms with Crippen LogP contribution in [0.1, 0.15) is 15.9 Å². The van der Waals surface area contributed by atoms with Gasteiger partial charge in [0.25, 0.3) is 5.91 Å². The molecule has 0 aliphatic carbocycles. The summed E-state index contributed by atoms with van der Waals surface area (Å²) in [7, 11) is 0. The number of fused-ring (bicyclic) bond motifs is 1. The number of amides is 1. The van der Waals surface area contributed by atoms with Gasteiger partial charge in [-0.3, -0.25) is 4.79 Å². The third-order valence-corrected chi connectivity index (χ3v) is 4.18. The topological polar surface area (TPSA) is 42.2 Å². The summed E-state index contributed by atoms with van der Waals surface area (Å²) in [5.41, 5.74) is 4.17. The Morgan fingerprint density at radius 2 is 1.60 bits per heavy atom. The van der Waals surface area contributed by atoms with E-state index < -0.39 is 0 Å². The third-order valence-electron chi connectivity index (χ3n) is 4.18. The SMILES string of the molecule is Cc1ccc(C(=O)Nc2ccccc2-c2cc3ccccc3o2)cc1. The quantitative estimate of drug-likeness (QED) is 0.527. The van der Waals surface area contributed by atoms with Crippen LogP contribution in [0.25, 0.3) is 22.3 Å². The maximum absolute atomic E-state index is 12.5. The average molecular weight is 327 g/mol. The van der Waals surface area contributed by atoms with E-state index >= 15 is 0 Å². The van der Waals surface area contributed by atoms with Gasteiger partial charge in [0.2, 0.25) is 0 Å². The fourth-order valence-electron chi connectivity index (χ4n) is 2.82. The Hall–Kier alpha value is -3.33. The molecule has 0 bridgehead atoms. The molecule has 0 aliphatic rings. The van der Waals surface area contributed by atoms with E-state index in [0.29, 0.717) is 5.56 Å². The van der Waals surface area contributed by atoms with Crippen LogP contribution < -0.4 is 5.32 Å². The summed E-state index contributed by atoms with van der Waals surface area (Å²) < 4.78 is 5.95. The minimum atomic E-state index is -0.136. The minimum Gasteiger partial charge on any atom is -0.456 e. The maximum Gasteiger partial charge on any atom is 0.255 e. The average Bonchev–Trinajstić information content (AvgIpc) is 3.06. The van der Waals surface area contributed by atoms with Crippen LogP contribution in [0, 0.1) is 6.92 Å². The van der Waals surface area contributed by atoms with E-state index in [9.17, 15) is 4.79 Å². The van der Waals surface area contributed by atoms with E-state index in [-0.39, 0.29) is 5.91 Å². The molecule has 3 aromatic carbocycles. The van der Waals surface area contributed by atoms with Gasteiger partial charge in [0.1, 0.15) is 11.3 Å². The molecular formula is C22H17NO2. The number of furan rings is 1. The van der Waals surface area contributed by atoms with E-state index in [1.165, 1.54) is 0 Å². The molecule has 0 saturated carbocycles. The fourth-order valence-corrected chi connectivity index (χ4v) is 2.82. The Kier molecular flexibility index (Phi) is 3.82. The number of anilines is 1. The van der Waals surface area contributed by atoms with Crippen molar-refractivity contribution in [1.29, 1.82) is 0 Å². The first-order valence-electron chi connectivity index (χ1n) is 8.17. The van der Waals surface area contributed by atoms with Crippen molar-refractivity contribution >= 4 is 22.6 Å². The molecule has 1 amide bonds. The molecule has 0 unspecified atom stereocenters. The molecule has 1 aromatic heterocycles. The highest BCUT2D eigenvalue weighted by molar-refractivity contribution is 6.06. The van der Waals surface area contributed by atoms with Gasteiger partial charge in [0, 0.05) is 16.5 Å². The molecule has 122 valence electrons. The molecule has 0 atom stereocenters. The second-order valence-electron chi connectivity index (χ2n) is 6.01. The van der Waals surface area contributed by atoms with Crippen LogP contribution in [-0.4, -0.2) is 5.91 Å². The van der Waals surface area contributed by atoms with E-state index in [1.54, 1.807) is 0 Å². The Labute approximate surface area is 145 Å². The van der Waals surface area contributed by atoms with Crippen molar-refractivity contribution in [3.8, 4) is 11.3 Å². The lowest BCUT2D eigenvalue weighted by Crippen LogP contribution is -2.12. The zero-order valence-corrected chi connectivity index (χ0v) is 13.8. The van der Waals surface area contributed by atoms with Gasteiger partial charge >= 0.3 is 0 Å². The van der Waals surface area contributed by atoms with Crippen molar-refractivity contribution in [2.75, 3.05) is 5.32 Å². The molecule has 1 heterocycles. The second kappa shape index (κ2) is 6.29. The zero-order chi connectivity index (χ0) is 17.2. The normalized spacial score (nSPS) is 10.8. The summed E-state index contributed by atoms with van der Waals surface area (Å²) in [6.07, 6.45) is 0. The first-order chi connectivity index (χ1) is 12.2. The lowest BCUT2D eigenvalue weighted by Gasteiger charge is -2.09. The van der Waals surface area contributed by atoms with Gasteiger partial charge in [-0.2, -0.15) is 0 Å². The van der Waals surface area contributed by atoms with Gasteiger partial charge in [0.15, 0.2) is 0 Å². The molecule has 1 N–H and O–H groups in total. The highest BCUT2D eigenvalue weighted by Crippen LogP contribution is 2.32. The molecule has 0 saturated heterocycles. The molecule has 0 radical (unpaired) electrons. The summed E-state index contributed by atoms with van der Waals surface area (Å²) in [5.74, 6) is 0.601. The fraction of sp³-hybridized carbons (Fsp3) is 0.0455. The molecular weight excluding hydrogens is 310 g/mol. The minimum absolute atomic E-state index is 0.136. The summed E-state index contributed by atoms with van der Waals surface area (Å²) in [5, 5.41) is 4.03. The highest BCUT2D eigenvalue weighted by atomic mass is 16.3. The first kappa shape index (κ1) is 15.2. The van der Waals surface area contributed by atoms with Crippen LogP contribution in [-0.2, 0) is 0 Å². The van der Waals surface area contributed by atoms with Crippen molar-refractivity contribution in [1.82, 2.24) is 0 Å². The number of rotatable bonds is 3. The molecule has 0 spiro atoms. The summed E-state index contributed by atoms with van der Waals surface area (Å²) in [6.45, 7) is 2.00. The van der Waals surface area contributed by atoms with Crippen LogP contribution in [0.3, 0.4) is 0 Å². The van der Waals surface area contributed by atoms with Crippen molar-refractivity contribution in [2.24, 2.45) is 0 Å². The Bertz CT molecular complexity index is 1010. The standard InChI is InChI=1S/C22H17NO2/c1-15-10-12-16(13-11-15)22(24)23-19-8-4-3-7-18(19)21-14-17-6-2-5-9-20(17)25-21/h2-14H,1H3,(H,23,24). The summed E-state index contributed by atoms with van der Waals surface area (Å²) in [6, 6.07) is 25.0. The highest BCUT2D eigenvalue weighted by Gasteiger charge is 2.13. The lowest BCUT2D eigenvalue weighted by atomic mass is 10.1. The summed E-state index contributed by atoms with van der Waals surface area (Å²) >= 11 is 0. The van der Waals surface area contributed by atoms with E-state index in [4.69, 9.17) is 4.42 Å². The number of carbonyl (C=O) groups excluding carboxylic acids is 1. The number of hydrogen-bond donors (Lipinski definition) is 1. The number of para-hydroxylation sites is 2. The van der Waals surface area contributed by atoms with Crippen LogP contribution in [0.4, 0.5) is 5.69 Å².